The lowest BCUT2D eigenvalue weighted by Gasteiger charge is -2.65. The van der Waals surface area contributed by atoms with E-state index in [2.05, 4.69) is 18.6 Å². The number of halogens is 2. The molecule has 1 aromatic carbocycles. The summed E-state index contributed by atoms with van der Waals surface area (Å²) in [6, 6.07) is 7.85. The van der Waals surface area contributed by atoms with Crippen molar-refractivity contribution in [2.24, 2.45) is 52.3 Å². The second-order valence-electron chi connectivity index (χ2n) is 14.2. The van der Waals surface area contributed by atoms with Gasteiger partial charge in [-0.3, -0.25) is 4.79 Å². The molecule has 0 bridgehead atoms. The van der Waals surface area contributed by atoms with Gasteiger partial charge in [-0.25, -0.2) is 21.9 Å². The van der Waals surface area contributed by atoms with Gasteiger partial charge in [-0.1, -0.05) is 52.3 Å². The fraction of sp³-hybridized carbons (Fsp3) is 0.781. The Bertz CT molecular complexity index is 1230. The van der Waals surface area contributed by atoms with Crippen molar-refractivity contribution in [1.82, 2.24) is 4.72 Å². The highest BCUT2D eigenvalue weighted by molar-refractivity contribution is 7.90. The first-order valence-corrected chi connectivity index (χ1v) is 17.0. The van der Waals surface area contributed by atoms with Crippen molar-refractivity contribution < 1.29 is 32.2 Å². The van der Waals surface area contributed by atoms with Gasteiger partial charge in [-0.05, 0) is 103 Å². The van der Waals surface area contributed by atoms with Crippen molar-refractivity contribution in [3.8, 4) is 0 Å². The topological polar surface area (TPSA) is 104 Å². The van der Waals surface area contributed by atoms with Gasteiger partial charge in [0.25, 0.3) is 15.9 Å². The Morgan fingerprint density at radius 1 is 1.02 bits per heavy atom. The molecule has 4 fully saturated rings. The molecule has 5 unspecified atom stereocenters. The summed E-state index contributed by atoms with van der Waals surface area (Å²) in [4.78, 5) is 12.7. The lowest BCUT2D eigenvalue weighted by Crippen LogP contribution is -2.67. The molecule has 4 aliphatic carbocycles. The molecule has 41 heavy (non-hydrogen) atoms. The number of amides is 1. The monoisotopic (exact) mass is 595 g/mol. The third-order valence-electron chi connectivity index (χ3n) is 12.3. The Balaban J connectivity index is 1.30. The van der Waals surface area contributed by atoms with Gasteiger partial charge in [0.2, 0.25) is 5.91 Å². The number of carbonyl (C=O) groups is 1. The van der Waals surface area contributed by atoms with Crippen molar-refractivity contribution in [1.29, 1.82) is 0 Å². The molecule has 11 atom stereocenters. The summed E-state index contributed by atoms with van der Waals surface area (Å²) in [6.07, 6.45) is 2.85. The van der Waals surface area contributed by atoms with E-state index in [-0.39, 0.29) is 46.8 Å². The summed E-state index contributed by atoms with van der Waals surface area (Å²) >= 11 is 0. The lowest BCUT2D eigenvalue weighted by atomic mass is 9.40. The van der Waals surface area contributed by atoms with Crippen molar-refractivity contribution >= 4 is 15.9 Å². The molecule has 1 aromatic rings. The van der Waals surface area contributed by atoms with Crippen molar-refractivity contribution in [3.63, 3.8) is 0 Å². The van der Waals surface area contributed by atoms with E-state index in [1.165, 1.54) is 12.1 Å². The van der Waals surface area contributed by atoms with Crippen LogP contribution in [0, 0.1) is 52.3 Å². The highest BCUT2D eigenvalue weighted by atomic mass is 32.2. The molecule has 6 nitrogen and oxygen atoms in total. The minimum atomic E-state index is -3.91. The maximum Gasteiger partial charge on any atom is 0.277 e. The number of aliphatic hydroxyl groups excluding tert-OH is 2. The summed E-state index contributed by atoms with van der Waals surface area (Å²) in [6.45, 7) is 8.32. The molecule has 0 radical (unpaired) electrons. The normalized spacial score (nSPS) is 42.4. The van der Waals surface area contributed by atoms with Crippen LogP contribution in [0.3, 0.4) is 0 Å². The average Bonchev–Trinajstić information content (AvgIpc) is 3.28. The smallest absolute Gasteiger partial charge is 0.277 e. The fourth-order valence-corrected chi connectivity index (χ4v) is 11.5. The van der Waals surface area contributed by atoms with E-state index in [0.29, 0.717) is 25.2 Å². The predicted molar refractivity (Wildman–Crippen MR) is 152 cm³/mol. The van der Waals surface area contributed by atoms with Crippen LogP contribution in [0.4, 0.5) is 8.78 Å². The molecule has 0 heterocycles. The number of fused-ring (bicyclic) bond motifs is 5. The van der Waals surface area contributed by atoms with E-state index < -0.39 is 51.3 Å². The molecule has 0 spiro atoms. The zero-order chi connectivity index (χ0) is 30.0. The molecule has 4 aliphatic rings. The van der Waals surface area contributed by atoms with Gasteiger partial charge in [0.15, 0.2) is 0 Å². The van der Waals surface area contributed by atoms with Crippen LogP contribution >= 0.6 is 0 Å². The van der Waals surface area contributed by atoms with E-state index in [0.717, 1.165) is 25.7 Å². The van der Waals surface area contributed by atoms with Crippen LogP contribution in [0.15, 0.2) is 35.2 Å². The molecule has 0 saturated heterocycles. The quantitative estimate of drug-likeness (QED) is 0.371. The molecule has 0 aromatic heterocycles. The second kappa shape index (κ2) is 10.8. The highest BCUT2D eigenvalue weighted by Gasteiger charge is 2.70. The van der Waals surface area contributed by atoms with Crippen molar-refractivity contribution in [2.75, 3.05) is 0 Å². The molecule has 1 amide bonds. The number of rotatable bonds is 7. The number of alkyl halides is 2. The SMILES string of the molecule is CC[C@H]1C(O)C2C3CCC([C@H](C)CCC(=O)NS(=O)(=O)c4ccccc4)[C@@]3(C)CCC2[C@@]2(C)CC[C@@H](O)C(F)(F)[C@@H]12. The first-order valence-electron chi connectivity index (χ1n) is 15.5. The van der Waals surface area contributed by atoms with E-state index in [4.69, 9.17) is 0 Å². The van der Waals surface area contributed by atoms with Crippen LogP contribution in [-0.2, 0) is 14.8 Å². The van der Waals surface area contributed by atoms with E-state index >= 15 is 8.78 Å². The first kappa shape index (κ1) is 30.9. The van der Waals surface area contributed by atoms with E-state index in [9.17, 15) is 23.4 Å². The van der Waals surface area contributed by atoms with Gasteiger partial charge >= 0.3 is 0 Å². The number of hydrogen-bond acceptors (Lipinski definition) is 5. The molecule has 5 rings (SSSR count). The van der Waals surface area contributed by atoms with Crippen molar-refractivity contribution in [2.45, 2.75) is 109 Å². The van der Waals surface area contributed by atoms with Crippen molar-refractivity contribution in [3.05, 3.63) is 30.3 Å². The average molecular weight is 596 g/mol. The fourth-order valence-electron chi connectivity index (χ4n) is 10.4. The zero-order valence-corrected chi connectivity index (χ0v) is 25.5. The van der Waals surface area contributed by atoms with Gasteiger partial charge in [-0.15, -0.1) is 0 Å². The Kier molecular flexibility index (Phi) is 8.17. The number of benzene rings is 1. The molecule has 0 aliphatic heterocycles. The Hall–Kier alpha value is -1.58. The van der Waals surface area contributed by atoms with Crippen LogP contribution in [0.25, 0.3) is 0 Å². The summed E-state index contributed by atoms with van der Waals surface area (Å²) < 4.78 is 58.5. The minimum absolute atomic E-state index is 0.00947. The molecule has 9 heteroatoms. The largest absolute Gasteiger partial charge is 0.393 e. The van der Waals surface area contributed by atoms with Crippen LogP contribution in [0.5, 0.6) is 0 Å². The molecule has 4 saturated carbocycles. The Morgan fingerprint density at radius 3 is 2.32 bits per heavy atom. The second-order valence-corrected chi connectivity index (χ2v) is 15.8. The van der Waals surface area contributed by atoms with Crippen LogP contribution < -0.4 is 4.72 Å². The van der Waals surface area contributed by atoms with Crippen LogP contribution in [0.2, 0.25) is 0 Å². The summed E-state index contributed by atoms with van der Waals surface area (Å²) in [7, 11) is -3.91. The Labute approximate surface area is 243 Å². The number of aliphatic hydroxyl groups is 2. The summed E-state index contributed by atoms with van der Waals surface area (Å²) in [5.74, 6) is -4.67. The van der Waals surface area contributed by atoms with Gasteiger partial charge in [0, 0.05) is 12.3 Å². The maximum absolute atomic E-state index is 15.6. The van der Waals surface area contributed by atoms with Gasteiger partial charge in [0.1, 0.15) is 6.10 Å². The Morgan fingerprint density at radius 2 is 1.66 bits per heavy atom. The molecular weight excluding hydrogens is 548 g/mol. The zero-order valence-electron chi connectivity index (χ0n) is 24.7. The van der Waals surface area contributed by atoms with E-state index in [1.807, 2.05) is 13.8 Å². The minimum Gasteiger partial charge on any atom is -0.393 e. The molecule has 230 valence electrons. The number of sulfonamides is 1. The third-order valence-corrected chi connectivity index (χ3v) is 13.7. The molecule has 3 N–H and O–H groups in total. The third kappa shape index (κ3) is 4.95. The number of carbonyl (C=O) groups excluding carboxylic acids is 1. The standard InChI is InChI=1S/C32H47F2NO5S/c1-5-21-28(38)27-23-13-12-22(19(2)11-14-26(37)35-41(39,40)20-9-7-6-8-10-20)30(23,3)17-15-24(27)31(4)18-16-25(36)32(33,34)29(21)31/h6-10,19,21-25,27-29,36,38H,5,11-18H2,1-4H3,(H,35,37)/t19-,21+,22?,23?,24?,25-,27?,28?,29+,30-,31-/m1/s1. The van der Waals surface area contributed by atoms with Gasteiger partial charge in [0.05, 0.1) is 11.0 Å². The predicted octanol–water partition coefficient (Wildman–Crippen LogP) is 5.78. The lowest BCUT2D eigenvalue weighted by molar-refractivity contribution is -0.286. The number of nitrogens with one attached hydrogen (secondary N) is 1. The highest BCUT2D eigenvalue weighted by Crippen LogP contribution is 2.71. The molecular formula is C32H47F2NO5S. The first-order chi connectivity index (χ1) is 19.2. The van der Waals surface area contributed by atoms with Crippen LogP contribution in [0.1, 0.15) is 85.5 Å². The van der Waals surface area contributed by atoms with Crippen LogP contribution in [-0.4, -0.2) is 42.7 Å². The summed E-state index contributed by atoms with van der Waals surface area (Å²) in [5.41, 5.74) is -0.701. The van der Waals surface area contributed by atoms with E-state index in [1.54, 1.807) is 18.2 Å². The van der Waals surface area contributed by atoms with Gasteiger partial charge in [-0.2, -0.15) is 0 Å². The van der Waals surface area contributed by atoms with Gasteiger partial charge < -0.3 is 10.2 Å². The summed E-state index contributed by atoms with van der Waals surface area (Å²) in [5, 5.41) is 22.1. The maximum atomic E-state index is 15.6. The number of hydrogen-bond donors (Lipinski definition) is 3.